The summed E-state index contributed by atoms with van der Waals surface area (Å²) in [5, 5.41) is 15.5. The van der Waals surface area contributed by atoms with Crippen LogP contribution in [0.3, 0.4) is 0 Å². The summed E-state index contributed by atoms with van der Waals surface area (Å²) in [5.41, 5.74) is 3.20. The molecule has 2 aromatic carbocycles. The number of halogens is 1. The lowest BCUT2D eigenvalue weighted by Gasteiger charge is -2.26. The molecule has 1 N–H and O–H groups in total. The average molecular weight is 481 g/mol. The van der Waals surface area contributed by atoms with Crippen molar-refractivity contribution in [3.8, 4) is 11.1 Å². The van der Waals surface area contributed by atoms with E-state index in [0.717, 1.165) is 5.56 Å². The molecule has 34 heavy (non-hydrogen) atoms. The van der Waals surface area contributed by atoms with Crippen molar-refractivity contribution >= 4 is 21.5 Å². The third-order valence-electron chi connectivity index (χ3n) is 5.89. The Hall–Kier alpha value is -3.86. The van der Waals surface area contributed by atoms with Crippen LogP contribution in [0.2, 0.25) is 0 Å². The van der Waals surface area contributed by atoms with Gasteiger partial charge < -0.3 is 5.32 Å². The maximum Gasteiger partial charge on any atom is 0.274 e. The maximum atomic E-state index is 13.5. The minimum Gasteiger partial charge on any atom is -0.324 e. The van der Waals surface area contributed by atoms with E-state index in [2.05, 4.69) is 20.6 Å². The molecule has 0 unspecified atom stereocenters. The Labute approximate surface area is 194 Å². The van der Waals surface area contributed by atoms with Crippen molar-refractivity contribution in [3.63, 3.8) is 0 Å². The Morgan fingerprint density at radius 2 is 1.85 bits per heavy atom. The summed E-state index contributed by atoms with van der Waals surface area (Å²) < 4.78 is 41.6. The Morgan fingerprint density at radius 3 is 2.62 bits per heavy atom. The van der Waals surface area contributed by atoms with Gasteiger partial charge in [0.15, 0.2) is 9.84 Å². The molecule has 2 aromatic heterocycles. The number of fused-ring (bicyclic) bond motifs is 1. The summed E-state index contributed by atoms with van der Waals surface area (Å²) in [7, 11) is -1.82. The zero-order valence-corrected chi connectivity index (χ0v) is 19.3. The highest BCUT2D eigenvalue weighted by molar-refractivity contribution is 7.90. The lowest BCUT2D eigenvalue weighted by Crippen LogP contribution is -2.30. The van der Waals surface area contributed by atoms with Gasteiger partial charge in [-0.3, -0.25) is 9.36 Å². The van der Waals surface area contributed by atoms with Gasteiger partial charge in [-0.05, 0) is 47.9 Å². The van der Waals surface area contributed by atoms with E-state index in [1.54, 1.807) is 36.0 Å². The quantitative estimate of drug-likeness (QED) is 0.478. The largest absolute Gasteiger partial charge is 0.324 e. The van der Waals surface area contributed by atoms with Crippen molar-refractivity contribution in [2.75, 3.05) is 11.1 Å². The SMILES string of the molecule is Cc1ccc(-c2ccnn(C)c2=O)cc1Nc1nnc2n1[C@H](c1ccc(F)cc1)CS(=O)(=O)C2. The second-order valence-electron chi connectivity index (χ2n) is 8.26. The van der Waals surface area contributed by atoms with E-state index in [1.165, 1.54) is 16.8 Å². The molecule has 0 spiro atoms. The molecule has 0 fully saturated rings. The predicted molar refractivity (Wildman–Crippen MR) is 125 cm³/mol. The zero-order chi connectivity index (χ0) is 24.0. The smallest absolute Gasteiger partial charge is 0.274 e. The van der Waals surface area contributed by atoms with Gasteiger partial charge in [-0.25, -0.2) is 17.5 Å². The van der Waals surface area contributed by atoms with Crippen LogP contribution in [0.1, 0.15) is 23.0 Å². The Kier molecular flexibility index (Phi) is 5.28. The van der Waals surface area contributed by atoms with Gasteiger partial charge in [-0.15, -0.1) is 10.2 Å². The lowest BCUT2D eigenvalue weighted by molar-refractivity contribution is 0.543. The minimum absolute atomic E-state index is 0.148. The molecule has 174 valence electrons. The molecule has 0 saturated heterocycles. The molecular formula is C23H21FN6O3S. The highest BCUT2D eigenvalue weighted by atomic mass is 32.2. The van der Waals surface area contributed by atoms with E-state index < -0.39 is 21.7 Å². The lowest BCUT2D eigenvalue weighted by atomic mass is 10.0. The van der Waals surface area contributed by atoms with Crippen molar-refractivity contribution < 1.29 is 12.8 Å². The number of sulfone groups is 1. The van der Waals surface area contributed by atoms with Gasteiger partial charge in [0.2, 0.25) is 5.95 Å². The number of hydrogen-bond acceptors (Lipinski definition) is 7. The highest BCUT2D eigenvalue weighted by Crippen LogP contribution is 2.33. The summed E-state index contributed by atoms with van der Waals surface area (Å²) >= 11 is 0. The molecule has 5 rings (SSSR count). The first-order valence-corrected chi connectivity index (χ1v) is 12.3. The Morgan fingerprint density at radius 1 is 1.09 bits per heavy atom. The molecule has 11 heteroatoms. The molecular weight excluding hydrogens is 459 g/mol. The average Bonchev–Trinajstić information content (AvgIpc) is 3.18. The number of nitrogens with zero attached hydrogens (tertiary/aromatic N) is 5. The fraction of sp³-hybridized carbons (Fsp3) is 0.217. The molecule has 0 saturated carbocycles. The third-order valence-corrected chi connectivity index (χ3v) is 7.42. The van der Waals surface area contributed by atoms with Crippen molar-refractivity contribution in [1.29, 1.82) is 0 Å². The maximum absolute atomic E-state index is 13.5. The van der Waals surface area contributed by atoms with Gasteiger partial charge in [-0.2, -0.15) is 5.10 Å². The van der Waals surface area contributed by atoms with Gasteiger partial charge in [0, 0.05) is 18.9 Å². The summed E-state index contributed by atoms with van der Waals surface area (Å²) in [4.78, 5) is 12.5. The minimum atomic E-state index is -3.41. The molecule has 4 aromatic rings. The van der Waals surface area contributed by atoms with Gasteiger partial charge in [-0.1, -0.05) is 24.3 Å². The van der Waals surface area contributed by atoms with E-state index in [9.17, 15) is 17.6 Å². The monoisotopic (exact) mass is 480 g/mol. The normalized spacial score (nSPS) is 16.7. The van der Waals surface area contributed by atoms with Crippen LogP contribution in [0.4, 0.5) is 16.0 Å². The fourth-order valence-electron chi connectivity index (χ4n) is 4.11. The fourth-order valence-corrected chi connectivity index (χ4v) is 5.64. The van der Waals surface area contributed by atoms with Crippen LogP contribution in [0, 0.1) is 12.7 Å². The highest BCUT2D eigenvalue weighted by Gasteiger charge is 2.34. The summed E-state index contributed by atoms with van der Waals surface area (Å²) in [5.74, 6) is -0.114. The summed E-state index contributed by atoms with van der Waals surface area (Å²) in [6.07, 6.45) is 1.56. The van der Waals surface area contributed by atoms with Crippen molar-refractivity contribution in [3.05, 3.63) is 87.9 Å². The molecule has 1 aliphatic rings. The van der Waals surface area contributed by atoms with Crippen LogP contribution in [0.5, 0.6) is 0 Å². The molecule has 9 nitrogen and oxygen atoms in total. The van der Waals surface area contributed by atoms with E-state index in [4.69, 9.17) is 0 Å². The van der Waals surface area contributed by atoms with Gasteiger partial charge >= 0.3 is 0 Å². The standard InChI is InChI=1S/C23H21FN6O3S/c1-14-3-4-16(18-9-10-25-29(2)22(18)31)11-19(14)26-23-28-27-21-13-34(32,33)12-20(30(21)23)15-5-7-17(24)8-6-15/h3-11,20H,12-13H2,1-2H3,(H,26,28)/t20-/m0/s1. The third kappa shape index (κ3) is 3.98. The van der Waals surface area contributed by atoms with Crippen molar-refractivity contribution in [1.82, 2.24) is 24.5 Å². The molecule has 3 heterocycles. The molecule has 0 bridgehead atoms. The second-order valence-corrected chi connectivity index (χ2v) is 10.4. The molecule has 0 amide bonds. The van der Waals surface area contributed by atoms with Gasteiger partial charge in [0.05, 0.1) is 17.4 Å². The first kappa shape index (κ1) is 22.0. The topological polar surface area (TPSA) is 112 Å². The van der Waals surface area contributed by atoms with E-state index >= 15 is 0 Å². The Bertz CT molecular complexity index is 1560. The van der Waals surface area contributed by atoms with E-state index in [0.29, 0.717) is 34.2 Å². The number of anilines is 2. The van der Waals surface area contributed by atoms with Crippen LogP contribution in [-0.2, 0) is 22.6 Å². The van der Waals surface area contributed by atoms with Crippen molar-refractivity contribution in [2.24, 2.45) is 7.05 Å². The van der Waals surface area contributed by atoms with E-state index in [-0.39, 0.29) is 17.1 Å². The van der Waals surface area contributed by atoms with Gasteiger partial charge in [0.25, 0.3) is 5.56 Å². The zero-order valence-electron chi connectivity index (χ0n) is 18.4. The number of rotatable bonds is 4. The molecule has 0 aliphatic carbocycles. The first-order valence-electron chi connectivity index (χ1n) is 10.5. The van der Waals surface area contributed by atoms with Crippen LogP contribution >= 0.6 is 0 Å². The summed E-state index contributed by atoms with van der Waals surface area (Å²) in [6.45, 7) is 1.91. The van der Waals surface area contributed by atoms with E-state index in [1.807, 2.05) is 25.1 Å². The van der Waals surface area contributed by atoms with Gasteiger partial charge in [0.1, 0.15) is 17.4 Å². The molecule has 0 radical (unpaired) electrons. The van der Waals surface area contributed by atoms with Crippen LogP contribution in [0.15, 0.2) is 59.5 Å². The van der Waals surface area contributed by atoms with Crippen LogP contribution < -0.4 is 10.9 Å². The summed E-state index contributed by atoms with van der Waals surface area (Å²) in [6, 6.07) is 12.4. The van der Waals surface area contributed by atoms with Crippen molar-refractivity contribution in [2.45, 2.75) is 18.7 Å². The number of benzene rings is 2. The second kappa shape index (κ2) is 8.17. The van der Waals surface area contributed by atoms with Crippen LogP contribution in [0.25, 0.3) is 11.1 Å². The number of aryl methyl sites for hydroxylation is 2. The number of aromatic nitrogens is 5. The predicted octanol–water partition coefficient (Wildman–Crippen LogP) is 2.75. The van der Waals surface area contributed by atoms with Crippen LogP contribution in [-0.4, -0.2) is 38.7 Å². The molecule has 1 atom stereocenters. The first-order chi connectivity index (χ1) is 16.2. The molecule has 1 aliphatic heterocycles. The Balaban J connectivity index is 1.57. The number of hydrogen-bond donors (Lipinski definition) is 1. The number of nitrogens with one attached hydrogen (secondary N) is 1.